The molecule has 2 amide bonds. The predicted molar refractivity (Wildman–Crippen MR) is 143 cm³/mol. The molecule has 0 aromatic heterocycles. The minimum atomic E-state index is -0.0851. The zero-order chi connectivity index (χ0) is 25.3. The van der Waals surface area contributed by atoms with E-state index in [-0.39, 0.29) is 17.9 Å². The molecule has 0 spiro atoms. The Morgan fingerprint density at radius 3 is 2.09 bits per heavy atom. The number of benzene rings is 3. The van der Waals surface area contributed by atoms with E-state index in [0.29, 0.717) is 5.56 Å². The summed E-state index contributed by atoms with van der Waals surface area (Å²) >= 11 is 5.56. The summed E-state index contributed by atoms with van der Waals surface area (Å²) in [6.07, 6.45) is 1.95. The molecule has 1 aliphatic heterocycles. The van der Waals surface area contributed by atoms with Gasteiger partial charge in [-0.05, 0) is 85.0 Å². The molecule has 3 N–H and O–H groups in total. The fourth-order valence-electron chi connectivity index (χ4n) is 3.83. The molecule has 5 nitrogen and oxygen atoms in total. The monoisotopic (exact) mass is 479 g/mol. The molecule has 6 heteroatoms. The summed E-state index contributed by atoms with van der Waals surface area (Å²) in [7, 11) is 1.63. The van der Waals surface area contributed by atoms with Crippen LogP contribution in [-0.4, -0.2) is 24.9 Å². The molecular weight excluding hydrogens is 446 g/mol. The average Bonchev–Trinajstić information content (AvgIpc) is 2.86. The number of nitrogen functional groups attached to an aromatic ring is 1. The van der Waals surface area contributed by atoms with Gasteiger partial charge in [0.25, 0.3) is 5.91 Å². The number of hydrogen-bond donors (Lipinski definition) is 2. The van der Waals surface area contributed by atoms with Gasteiger partial charge < -0.3 is 16.0 Å². The molecule has 3 aromatic rings. The Labute approximate surface area is 207 Å². The first-order valence-electron chi connectivity index (χ1n) is 11.6. The van der Waals surface area contributed by atoms with Crippen molar-refractivity contribution in [3.05, 3.63) is 82.9 Å². The van der Waals surface area contributed by atoms with E-state index in [1.54, 1.807) is 38.2 Å². The Balaban J connectivity index is 0.000000343. The van der Waals surface area contributed by atoms with Crippen LogP contribution in [0.1, 0.15) is 50.0 Å². The molecule has 0 aliphatic carbocycles. The van der Waals surface area contributed by atoms with Gasteiger partial charge in [0.2, 0.25) is 5.91 Å². The van der Waals surface area contributed by atoms with Gasteiger partial charge in [0, 0.05) is 42.0 Å². The van der Waals surface area contributed by atoms with Crippen LogP contribution in [0.2, 0.25) is 5.02 Å². The quantitative estimate of drug-likeness (QED) is 0.420. The first-order chi connectivity index (χ1) is 16.3. The molecule has 0 saturated heterocycles. The number of fused-ring (bicyclic) bond motifs is 1. The summed E-state index contributed by atoms with van der Waals surface area (Å²) in [6.45, 7) is 7.72. The van der Waals surface area contributed by atoms with Crippen molar-refractivity contribution in [2.45, 2.75) is 46.6 Å². The van der Waals surface area contributed by atoms with Gasteiger partial charge in [0.1, 0.15) is 0 Å². The van der Waals surface area contributed by atoms with Crippen molar-refractivity contribution >= 4 is 34.8 Å². The van der Waals surface area contributed by atoms with Crippen molar-refractivity contribution in [2.75, 3.05) is 17.7 Å². The van der Waals surface area contributed by atoms with Crippen LogP contribution in [0.15, 0.2) is 66.7 Å². The topological polar surface area (TPSA) is 75.4 Å². The molecule has 4 rings (SSSR count). The highest BCUT2D eigenvalue weighted by molar-refractivity contribution is 6.30. The number of nitrogens with zero attached hydrogens (tertiary/aromatic N) is 1. The third kappa shape index (κ3) is 6.84. The van der Waals surface area contributed by atoms with E-state index in [9.17, 15) is 9.59 Å². The van der Waals surface area contributed by atoms with E-state index < -0.39 is 0 Å². The normalized spacial score (nSPS) is 13.9. The zero-order valence-electron chi connectivity index (χ0n) is 20.6. The fraction of sp³-hybridized carbons (Fsp3) is 0.286. The predicted octanol–water partition coefficient (Wildman–Crippen LogP) is 6.35. The van der Waals surface area contributed by atoms with E-state index >= 15 is 0 Å². The number of carbonyl (C=O) groups excluding carboxylic acids is 2. The van der Waals surface area contributed by atoms with Crippen molar-refractivity contribution in [1.29, 1.82) is 0 Å². The lowest BCUT2D eigenvalue weighted by atomic mass is 9.93. The first-order valence-corrected chi connectivity index (χ1v) is 11.9. The average molecular weight is 480 g/mol. The highest BCUT2D eigenvalue weighted by Gasteiger charge is 2.26. The Morgan fingerprint density at radius 2 is 1.56 bits per heavy atom. The van der Waals surface area contributed by atoms with Gasteiger partial charge in [-0.2, -0.15) is 0 Å². The number of amides is 2. The Morgan fingerprint density at radius 1 is 0.971 bits per heavy atom. The molecule has 0 unspecified atom stereocenters. The fourth-order valence-corrected chi connectivity index (χ4v) is 3.96. The number of nitrogens with one attached hydrogen (secondary N) is 1. The maximum atomic E-state index is 11.9. The SMILES string of the molecule is CC.CNC(=O)c1ccc(-c2ccc3c(c2)CC[C@H](C)N3C(C)=O)cc1.Nc1ccc(Cl)cc1. The van der Waals surface area contributed by atoms with Crippen LogP contribution in [0, 0.1) is 0 Å². The lowest BCUT2D eigenvalue weighted by Gasteiger charge is -2.34. The van der Waals surface area contributed by atoms with Crippen LogP contribution < -0.4 is 16.0 Å². The molecule has 3 aromatic carbocycles. The maximum Gasteiger partial charge on any atom is 0.251 e. The minimum Gasteiger partial charge on any atom is -0.399 e. The summed E-state index contributed by atoms with van der Waals surface area (Å²) in [6, 6.07) is 21.1. The van der Waals surface area contributed by atoms with Crippen LogP contribution in [0.4, 0.5) is 11.4 Å². The molecular formula is C28H34ClN3O2. The van der Waals surface area contributed by atoms with Gasteiger partial charge in [-0.1, -0.05) is 43.6 Å². The lowest BCUT2D eigenvalue weighted by molar-refractivity contribution is -0.117. The molecule has 0 saturated carbocycles. The Hall–Kier alpha value is -3.31. The van der Waals surface area contributed by atoms with Crippen molar-refractivity contribution < 1.29 is 9.59 Å². The van der Waals surface area contributed by atoms with E-state index in [2.05, 4.69) is 18.3 Å². The van der Waals surface area contributed by atoms with Gasteiger partial charge >= 0.3 is 0 Å². The second kappa shape index (κ2) is 12.8. The van der Waals surface area contributed by atoms with Crippen molar-refractivity contribution in [2.24, 2.45) is 0 Å². The van der Waals surface area contributed by atoms with E-state index in [1.807, 2.05) is 55.1 Å². The molecule has 0 fully saturated rings. The van der Waals surface area contributed by atoms with Gasteiger partial charge in [-0.25, -0.2) is 0 Å². The van der Waals surface area contributed by atoms with Crippen molar-refractivity contribution in [3.8, 4) is 11.1 Å². The van der Waals surface area contributed by atoms with Crippen LogP contribution in [-0.2, 0) is 11.2 Å². The smallest absolute Gasteiger partial charge is 0.251 e. The number of hydrogen-bond acceptors (Lipinski definition) is 3. The number of halogens is 1. The second-order valence-electron chi connectivity index (χ2n) is 7.83. The van der Waals surface area contributed by atoms with Crippen LogP contribution >= 0.6 is 11.6 Å². The van der Waals surface area contributed by atoms with E-state index in [1.165, 1.54) is 5.56 Å². The van der Waals surface area contributed by atoms with Gasteiger partial charge in [0.05, 0.1) is 0 Å². The number of rotatable bonds is 2. The van der Waals surface area contributed by atoms with Crippen LogP contribution in [0.3, 0.4) is 0 Å². The standard InChI is InChI=1S/C20H22N2O2.C6H6ClN.C2H6/c1-13-4-5-18-12-17(10-11-19(18)22(13)14(2)23)15-6-8-16(9-7-15)20(24)21-3;7-5-1-3-6(8)4-2-5;1-2/h6-13H,4-5H2,1-3H3,(H,21,24);1-4H,8H2;1-2H3/t13-;;/m0../s1. The van der Waals surface area contributed by atoms with E-state index in [0.717, 1.165) is 40.4 Å². The minimum absolute atomic E-state index is 0.0851. The highest BCUT2D eigenvalue weighted by Crippen LogP contribution is 2.34. The van der Waals surface area contributed by atoms with Gasteiger partial charge in [-0.15, -0.1) is 0 Å². The van der Waals surface area contributed by atoms with Gasteiger partial charge in [-0.3, -0.25) is 9.59 Å². The van der Waals surface area contributed by atoms with Crippen molar-refractivity contribution in [3.63, 3.8) is 0 Å². The largest absolute Gasteiger partial charge is 0.399 e. The van der Waals surface area contributed by atoms with E-state index in [4.69, 9.17) is 17.3 Å². The molecule has 1 aliphatic rings. The van der Waals surface area contributed by atoms with Crippen LogP contribution in [0.25, 0.3) is 11.1 Å². The third-order valence-electron chi connectivity index (χ3n) is 5.53. The summed E-state index contributed by atoms with van der Waals surface area (Å²) in [5.41, 5.74) is 11.2. The Bertz CT molecular complexity index is 1070. The molecule has 34 heavy (non-hydrogen) atoms. The molecule has 0 bridgehead atoms. The zero-order valence-corrected chi connectivity index (χ0v) is 21.3. The molecule has 1 heterocycles. The maximum absolute atomic E-state index is 11.9. The Kier molecular flexibility index (Phi) is 10.1. The number of anilines is 2. The van der Waals surface area contributed by atoms with Crippen LogP contribution in [0.5, 0.6) is 0 Å². The van der Waals surface area contributed by atoms with Gasteiger partial charge in [0.15, 0.2) is 0 Å². The second-order valence-corrected chi connectivity index (χ2v) is 8.26. The van der Waals surface area contributed by atoms with Crippen molar-refractivity contribution in [1.82, 2.24) is 5.32 Å². The summed E-state index contributed by atoms with van der Waals surface area (Å²) < 4.78 is 0. The number of aryl methyl sites for hydroxylation is 1. The number of nitrogens with two attached hydrogens (primary N) is 1. The molecule has 1 atom stereocenters. The number of carbonyl (C=O) groups is 2. The summed E-state index contributed by atoms with van der Waals surface area (Å²) in [4.78, 5) is 25.5. The lowest BCUT2D eigenvalue weighted by Crippen LogP contribution is -2.40. The summed E-state index contributed by atoms with van der Waals surface area (Å²) in [5, 5.41) is 3.35. The third-order valence-corrected chi connectivity index (χ3v) is 5.78. The molecule has 0 radical (unpaired) electrons. The molecule has 180 valence electrons. The summed E-state index contributed by atoms with van der Waals surface area (Å²) in [5.74, 6) is 0.00390. The highest BCUT2D eigenvalue weighted by atomic mass is 35.5. The first kappa shape index (κ1) is 26.9.